The molecule has 1 N–H and O–H groups in total. The molecule has 0 spiro atoms. The quantitative estimate of drug-likeness (QED) is 0.795. The van der Waals surface area contributed by atoms with Crippen LogP contribution in [0.2, 0.25) is 0 Å². The summed E-state index contributed by atoms with van der Waals surface area (Å²) in [6.07, 6.45) is 1.27. The molecule has 0 unspecified atom stereocenters. The van der Waals surface area contributed by atoms with Gasteiger partial charge in [0.1, 0.15) is 29.5 Å². The number of aryl methyl sites for hydroxylation is 2. The van der Waals surface area contributed by atoms with Crippen molar-refractivity contribution in [2.24, 2.45) is 0 Å². The van der Waals surface area contributed by atoms with Crippen LogP contribution in [0.25, 0.3) is 0 Å². The Morgan fingerprint density at radius 3 is 2.52 bits per heavy atom. The first-order valence-corrected chi connectivity index (χ1v) is 9.09. The monoisotopic (exact) mass is 372 g/mol. The van der Waals surface area contributed by atoms with Gasteiger partial charge >= 0.3 is 5.97 Å². The van der Waals surface area contributed by atoms with Crippen LogP contribution in [0.1, 0.15) is 48.1 Å². The Hall–Kier alpha value is -2.56. The maximum atomic E-state index is 14.0. The van der Waals surface area contributed by atoms with E-state index in [0.717, 1.165) is 22.3 Å². The highest BCUT2D eigenvalue weighted by Gasteiger charge is 2.32. The summed E-state index contributed by atoms with van der Waals surface area (Å²) in [4.78, 5) is 10.8. The van der Waals surface area contributed by atoms with Crippen LogP contribution in [0.4, 0.5) is 4.39 Å². The van der Waals surface area contributed by atoms with Crippen LogP contribution in [0.5, 0.6) is 11.5 Å². The molecule has 144 valence electrons. The molecular weight excluding hydrogens is 347 g/mol. The molecule has 0 bridgehead atoms. The summed E-state index contributed by atoms with van der Waals surface area (Å²) in [6.45, 7) is 8.07. The van der Waals surface area contributed by atoms with Crippen molar-refractivity contribution in [1.82, 2.24) is 0 Å². The topological polar surface area (TPSA) is 55.8 Å². The van der Waals surface area contributed by atoms with Crippen LogP contribution in [0, 0.1) is 19.7 Å². The Morgan fingerprint density at radius 2 is 1.89 bits per heavy atom. The number of carbonyl (C=O) groups is 1. The zero-order valence-electron chi connectivity index (χ0n) is 16.2. The standard InChI is InChI=1S/C22H25FO4/c1-13-7-18(8-14(2)19(13)5-6-20(24)25)26-12-16-10-17(23)9-15-11-22(3,4)27-21(15)16/h7-10H,5-6,11-12H2,1-4H3,(H,24,25). The number of fused-ring (bicyclic) bond motifs is 1. The molecule has 2 aromatic rings. The lowest BCUT2D eigenvalue weighted by Gasteiger charge is -2.18. The molecule has 1 heterocycles. The lowest BCUT2D eigenvalue weighted by Crippen LogP contribution is -2.25. The number of rotatable bonds is 6. The molecule has 0 aliphatic carbocycles. The molecule has 1 aliphatic heterocycles. The van der Waals surface area contributed by atoms with Gasteiger partial charge in [0.25, 0.3) is 0 Å². The molecule has 0 saturated carbocycles. The van der Waals surface area contributed by atoms with Gasteiger partial charge in [-0.05, 0) is 75.1 Å². The van der Waals surface area contributed by atoms with Gasteiger partial charge in [-0.3, -0.25) is 4.79 Å². The number of hydrogen-bond acceptors (Lipinski definition) is 3. The number of benzene rings is 2. The van der Waals surface area contributed by atoms with Gasteiger partial charge in [-0.1, -0.05) is 0 Å². The van der Waals surface area contributed by atoms with Crippen LogP contribution in [-0.4, -0.2) is 16.7 Å². The van der Waals surface area contributed by atoms with Gasteiger partial charge in [-0.25, -0.2) is 4.39 Å². The molecule has 4 nitrogen and oxygen atoms in total. The minimum Gasteiger partial charge on any atom is -0.489 e. The van der Waals surface area contributed by atoms with Gasteiger partial charge in [0.2, 0.25) is 0 Å². The Morgan fingerprint density at radius 1 is 1.22 bits per heavy atom. The second-order valence-electron chi connectivity index (χ2n) is 7.81. The molecule has 0 fully saturated rings. The van der Waals surface area contributed by atoms with E-state index in [2.05, 4.69) is 0 Å². The van der Waals surface area contributed by atoms with Crippen molar-refractivity contribution in [2.75, 3.05) is 0 Å². The Balaban J connectivity index is 1.78. The molecule has 5 heteroatoms. The van der Waals surface area contributed by atoms with E-state index in [1.807, 2.05) is 39.8 Å². The van der Waals surface area contributed by atoms with Crippen LogP contribution in [0.15, 0.2) is 24.3 Å². The minimum absolute atomic E-state index is 0.102. The second kappa shape index (κ2) is 7.22. The number of carboxylic acids is 1. The van der Waals surface area contributed by atoms with E-state index in [1.54, 1.807) is 0 Å². The Labute approximate surface area is 158 Å². The predicted octanol–water partition coefficient (Wildman–Crippen LogP) is 4.75. The zero-order valence-corrected chi connectivity index (χ0v) is 16.2. The molecular formula is C22H25FO4. The van der Waals surface area contributed by atoms with Crippen molar-refractivity contribution in [2.45, 2.75) is 59.2 Å². The fourth-order valence-corrected chi connectivity index (χ4v) is 3.68. The number of hydrogen-bond donors (Lipinski definition) is 1. The highest BCUT2D eigenvalue weighted by molar-refractivity contribution is 5.67. The number of ether oxygens (including phenoxy) is 2. The van der Waals surface area contributed by atoms with Crippen molar-refractivity contribution < 1.29 is 23.8 Å². The average Bonchev–Trinajstić information content (AvgIpc) is 2.85. The van der Waals surface area contributed by atoms with Crippen molar-refractivity contribution in [3.8, 4) is 11.5 Å². The number of halogens is 1. The van der Waals surface area contributed by atoms with Crippen LogP contribution in [-0.2, 0) is 24.2 Å². The fraction of sp³-hybridized carbons (Fsp3) is 0.409. The summed E-state index contributed by atoms with van der Waals surface area (Å²) in [5, 5.41) is 8.89. The summed E-state index contributed by atoms with van der Waals surface area (Å²) >= 11 is 0. The molecule has 0 radical (unpaired) electrons. The van der Waals surface area contributed by atoms with Gasteiger partial charge in [-0.2, -0.15) is 0 Å². The SMILES string of the molecule is Cc1cc(OCc2cc(F)cc3c2OC(C)(C)C3)cc(C)c1CCC(=O)O. The molecule has 1 aliphatic rings. The maximum Gasteiger partial charge on any atom is 0.303 e. The van der Waals surface area contributed by atoms with Gasteiger partial charge in [0.15, 0.2) is 0 Å². The summed E-state index contributed by atoms with van der Waals surface area (Å²) in [7, 11) is 0. The summed E-state index contributed by atoms with van der Waals surface area (Å²) in [5.41, 5.74) is 4.24. The summed E-state index contributed by atoms with van der Waals surface area (Å²) in [6, 6.07) is 6.78. The normalized spacial score (nSPS) is 14.6. The zero-order chi connectivity index (χ0) is 19.8. The predicted molar refractivity (Wildman–Crippen MR) is 101 cm³/mol. The molecule has 3 rings (SSSR count). The Bertz CT molecular complexity index is 863. The molecule has 0 amide bonds. The summed E-state index contributed by atoms with van der Waals surface area (Å²) in [5.74, 6) is 0.300. The highest BCUT2D eigenvalue weighted by atomic mass is 19.1. The first kappa shape index (κ1) is 19.2. The largest absolute Gasteiger partial charge is 0.489 e. The van der Waals surface area contributed by atoms with Crippen molar-refractivity contribution in [1.29, 1.82) is 0 Å². The highest BCUT2D eigenvalue weighted by Crippen LogP contribution is 2.38. The molecule has 0 atom stereocenters. The molecule has 0 saturated heterocycles. The minimum atomic E-state index is -0.808. The van der Waals surface area contributed by atoms with Crippen LogP contribution < -0.4 is 9.47 Å². The van der Waals surface area contributed by atoms with Crippen molar-refractivity contribution in [3.63, 3.8) is 0 Å². The van der Waals surface area contributed by atoms with Gasteiger partial charge in [0, 0.05) is 24.0 Å². The number of aliphatic carboxylic acids is 1. The Kier molecular flexibility index (Phi) is 5.13. The molecule has 0 aromatic heterocycles. The van der Waals surface area contributed by atoms with Crippen LogP contribution in [0.3, 0.4) is 0 Å². The van der Waals surface area contributed by atoms with E-state index in [4.69, 9.17) is 14.6 Å². The smallest absolute Gasteiger partial charge is 0.303 e. The van der Waals surface area contributed by atoms with Crippen molar-refractivity contribution >= 4 is 5.97 Å². The van der Waals surface area contributed by atoms with E-state index >= 15 is 0 Å². The van der Waals surface area contributed by atoms with E-state index in [9.17, 15) is 9.18 Å². The third kappa shape index (κ3) is 4.41. The van der Waals surface area contributed by atoms with E-state index in [1.165, 1.54) is 12.1 Å². The van der Waals surface area contributed by atoms with E-state index in [0.29, 0.717) is 29.9 Å². The van der Waals surface area contributed by atoms with E-state index < -0.39 is 5.97 Å². The fourth-order valence-electron chi connectivity index (χ4n) is 3.68. The third-order valence-electron chi connectivity index (χ3n) is 4.85. The first-order chi connectivity index (χ1) is 12.6. The maximum absolute atomic E-state index is 14.0. The van der Waals surface area contributed by atoms with Gasteiger partial charge < -0.3 is 14.6 Å². The molecule has 2 aromatic carbocycles. The van der Waals surface area contributed by atoms with Crippen LogP contribution >= 0.6 is 0 Å². The third-order valence-corrected chi connectivity index (χ3v) is 4.85. The van der Waals surface area contributed by atoms with E-state index in [-0.39, 0.29) is 24.4 Å². The summed E-state index contributed by atoms with van der Waals surface area (Å²) < 4.78 is 25.9. The van der Waals surface area contributed by atoms with Crippen molar-refractivity contribution in [3.05, 3.63) is 57.9 Å². The lowest BCUT2D eigenvalue weighted by molar-refractivity contribution is -0.136. The first-order valence-electron chi connectivity index (χ1n) is 9.09. The molecule has 27 heavy (non-hydrogen) atoms. The lowest BCUT2D eigenvalue weighted by atomic mass is 9.98. The average molecular weight is 372 g/mol. The second-order valence-corrected chi connectivity index (χ2v) is 7.81. The number of carboxylic acid groups (broad SMARTS) is 1. The van der Waals surface area contributed by atoms with Gasteiger partial charge in [-0.15, -0.1) is 0 Å². The van der Waals surface area contributed by atoms with Gasteiger partial charge in [0.05, 0.1) is 0 Å².